The van der Waals surface area contributed by atoms with E-state index >= 15 is 0 Å². The van der Waals surface area contributed by atoms with Crippen LogP contribution in [0, 0.1) is 5.92 Å². The molecule has 0 heterocycles. The van der Waals surface area contributed by atoms with Gasteiger partial charge in [0.15, 0.2) is 0 Å². The molecule has 0 saturated heterocycles. The zero-order valence-corrected chi connectivity index (χ0v) is 9.13. The first-order valence-electron chi connectivity index (χ1n) is 5.64. The molecule has 2 N–H and O–H groups in total. The second kappa shape index (κ2) is 5.61. The van der Waals surface area contributed by atoms with E-state index in [-0.39, 0.29) is 0 Å². The van der Waals surface area contributed by atoms with Gasteiger partial charge in [0.25, 0.3) is 0 Å². The van der Waals surface area contributed by atoms with Crippen molar-refractivity contribution in [3.63, 3.8) is 0 Å². The van der Waals surface area contributed by atoms with E-state index in [1.807, 2.05) is 0 Å². The van der Waals surface area contributed by atoms with Crippen LogP contribution >= 0.6 is 0 Å². The van der Waals surface area contributed by atoms with Crippen LogP contribution in [0.15, 0.2) is 0 Å². The minimum Gasteiger partial charge on any atom is -0.330 e. The first kappa shape index (κ1) is 11.0. The Balaban J connectivity index is 2.09. The molecule has 1 fully saturated rings. The Hall–Kier alpha value is -0.0800. The monoisotopic (exact) mass is 184 g/mol. The van der Waals surface area contributed by atoms with Crippen molar-refractivity contribution in [1.29, 1.82) is 0 Å². The summed E-state index contributed by atoms with van der Waals surface area (Å²) in [6.07, 6.45) is 6.92. The van der Waals surface area contributed by atoms with Crippen molar-refractivity contribution >= 4 is 0 Å². The molecule has 0 bridgehead atoms. The second-order valence-electron chi connectivity index (χ2n) is 4.50. The van der Waals surface area contributed by atoms with Crippen molar-refractivity contribution < 1.29 is 0 Å². The van der Waals surface area contributed by atoms with E-state index in [4.69, 9.17) is 5.73 Å². The molecule has 0 amide bonds. The molecule has 0 spiro atoms. The highest BCUT2D eigenvalue weighted by molar-refractivity contribution is 4.75. The maximum atomic E-state index is 5.49. The molecule has 0 aromatic rings. The van der Waals surface area contributed by atoms with Gasteiger partial charge in [-0.25, -0.2) is 0 Å². The molecule has 13 heavy (non-hydrogen) atoms. The molecular weight excluding hydrogens is 160 g/mol. The highest BCUT2D eigenvalue weighted by Gasteiger charge is 2.21. The molecule has 2 nitrogen and oxygen atoms in total. The Morgan fingerprint density at radius 3 is 2.62 bits per heavy atom. The van der Waals surface area contributed by atoms with Gasteiger partial charge >= 0.3 is 0 Å². The Morgan fingerprint density at radius 2 is 2.15 bits per heavy atom. The van der Waals surface area contributed by atoms with E-state index in [2.05, 4.69) is 18.9 Å². The Kier molecular flexibility index (Phi) is 4.74. The molecule has 1 atom stereocenters. The molecule has 1 unspecified atom stereocenters. The maximum absolute atomic E-state index is 5.49. The topological polar surface area (TPSA) is 29.3 Å². The van der Waals surface area contributed by atoms with E-state index in [1.165, 1.54) is 25.7 Å². The number of nitrogens with two attached hydrogens (primary N) is 1. The van der Waals surface area contributed by atoms with E-state index in [0.717, 1.165) is 31.5 Å². The highest BCUT2D eigenvalue weighted by atomic mass is 15.1. The lowest BCUT2D eigenvalue weighted by Gasteiger charge is -2.32. The third-order valence-corrected chi connectivity index (χ3v) is 3.37. The minimum absolute atomic E-state index is 0.747. The Bertz CT molecular complexity index is 132. The fraction of sp³-hybridized carbons (Fsp3) is 1.00. The zero-order chi connectivity index (χ0) is 9.68. The lowest BCUT2D eigenvalue weighted by Crippen LogP contribution is -2.33. The maximum Gasteiger partial charge on any atom is 0.00665 e. The lowest BCUT2D eigenvalue weighted by atomic mass is 9.81. The third-order valence-electron chi connectivity index (χ3n) is 3.37. The number of hydrogen-bond acceptors (Lipinski definition) is 2. The van der Waals surface area contributed by atoms with Crippen LogP contribution < -0.4 is 5.73 Å². The standard InChI is InChI=1S/C11H24N2/c1-10(9-11-5-3-6-11)13(2)8-4-7-12/h10-11H,3-9,12H2,1-2H3. The van der Waals surface area contributed by atoms with Gasteiger partial charge in [-0.2, -0.15) is 0 Å². The van der Waals surface area contributed by atoms with E-state index < -0.39 is 0 Å². The zero-order valence-electron chi connectivity index (χ0n) is 9.13. The summed E-state index contributed by atoms with van der Waals surface area (Å²) in [6.45, 7) is 4.32. The molecule has 1 aliphatic rings. The first-order valence-corrected chi connectivity index (χ1v) is 5.64. The molecule has 0 aromatic carbocycles. The van der Waals surface area contributed by atoms with Crippen LogP contribution in [0.1, 0.15) is 39.0 Å². The van der Waals surface area contributed by atoms with Gasteiger partial charge in [0.05, 0.1) is 0 Å². The minimum atomic E-state index is 0.747. The molecule has 0 aliphatic heterocycles. The summed E-state index contributed by atoms with van der Waals surface area (Å²) in [5.41, 5.74) is 5.49. The Labute approximate surface area is 82.5 Å². The predicted molar refractivity (Wildman–Crippen MR) is 57.7 cm³/mol. The molecule has 1 aliphatic carbocycles. The fourth-order valence-electron chi connectivity index (χ4n) is 1.95. The van der Waals surface area contributed by atoms with Crippen LogP contribution in [0.5, 0.6) is 0 Å². The molecule has 0 aromatic heterocycles. The summed E-state index contributed by atoms with van der Waals surface area (Å²) in [5.74, 6) is 1.02. The van der Waals surface area contributed by atoms with Crippen molar-refractivity contribution in [2.75, 3.05) is 20.1 Å². The number of hydrogen-bond donors (Lipinski definition) is 1. The van der Waals surface area contributed by atoms with Gasteiger partial charge in [-0.05, 0) is 45.8 Å². The number of nitrogens with zero attached hydrogens (tertiary/aromatic N) is 1. The quantitative estimate of drug-likeness (QED) is 0.682. The van der Waals surface area contributed by atoms with E-state index in [1.54, 1.807) is 0 Å². The van der Waals surface area contributed by atoms with Crippen LogP contribution in [0.25, 0.3) is 0 Å². The van der Waals surface area contributed by atoms with Crippen LogP contribution in [0.4, 0.5) is 0 Å². The second-order valence-corrected chi connectivity index (χ2v) is 4.50. The van der Waals surface area contributed by atoms with Gasteiger partial charge in [0.1, 0.15) is 0 Å². The molecule has 78 valence electrons. The predicted octanol–water partition coefficient (Wildman–Crippen LogP) is 1.85. The molecule has 2 heteroatoms. The first-order chi connectivity index (χ1) is 6.24. The van der Waals surface area contributed by atoms with Crippen LogP contribution in [0.2, 0.25) is 0 Å². The highest BCUT2D eigenvalue weighted by Crippen LogP contribution is 2.31. The van der Waals surface area contributed by atoms with Crippen molar-refractivity contribution in [3.8, 4) is 0 Å². The summed E-state index contributed by atoms with van der Waals surface area (Å²) in [6, 6.07) is 0.747. The van der Waals surface area contributed by atoms with Gasteiger partial charge in [0.2, 0.25) is 0 Å². The van der Waals surface area contributed by atoms with E-state index in [9.17, 15) is 0 Å². The number of rotatable bonds is 6. The SMILES string of the molecule is CC(CC1CCC1)N(C)CCCN. The van der Waals surface area contributed by atoms with Gasteiger partial charge in [-0.3, -0.25) is 0 Å². The lowest BCUT2D eigenvalue weighted by molar-refractivity contribution is 0.181. The van der Waals surface area contributed by atoms with Gasteiger partial charge in [-0.15, -0.1) is 0 Å². The van der Waals surface area contributed by atoms with Crippen molar-refractivity contribution in [3.05, 3.63) is 0 Å². The van der Waals surface area contributed by atoms with Crippen molar-refractivity contribution in [2.45, 2.75) is 45.1 Å². The smallest absolute Gasteiger partial charge is 0.00665 e. The summed E-state index contributed by atoms with van der Waals surface area (Å²) < 4.78 is 0. The summed E-state index contributed by atoms with van der Waals surface area (Å²) in [4.78, 5) is 2.45. The molecule has 1 rings (SSSR count). The van der Waals surface area contributed by atoms with Gasteiger partial charge < -0.3 is 10.6 Å². The molecular formula is C11H24N2. The van der Waals surface area contributed by atoms with Crippen LogP contribution in [-0.4, -0.2) is 31.1 Å². The third kappa shape index (κ3) is 3.65. The van der Waals surface area contributed by atoms with Crippen molar-refractivity contribution in [1.82, 2.24) is 4.90 Å². The average Bonchev–Trinajstić information content (AvgIpc) is 2.06. The fourth-order valence-corrected chi connectivity index (χ4v) is 1.95. The normalized spacial score (nSPS) is 20.3. The summed E-state index contributed by atoms with van der Waals surface area (Å²) >= 11 is 0. The van der Waals surface area contributed by atoms with Gasteiger partial charge in [0, 0.05) is 6.04 Å². The van der Waals surface area contributed by atoms with Gasteiger partial charge in [-0.1, -0.05) is 19.3 Å². The Morgan fingerprint density at radius 1 is 1.46 bits per heavy atom. The average molecular weight is 184 g/mol. The van der Waals surface area contributed by atoms with Crippen molar-refractivity contribution in [2.24, 2.45) is 11.7 Å². The van der Waals surface area contributed by atoms with Crippen LogP contribution in [-0.2, 0) is 0 Å². The van der Waals surface area contributed by atoms with Crippen LogP contribution in [0.3, 0.4) is 0 Å². The summed E-state index contributed by atoms with van der Waals surface area (Å²) in [7, 11) is 2.22. The molecule has 1 saturated carbocycles. The largest absolute Gasteiger partial charge is 0.330 e. The summed E-state index contributed by atoms with van der Waals surface area (Å²) in [5, 5.41) is 0. The molecule has 0 radical (unpaired) electrons. The van der Waals surface area contributed by atoms with E-state index in [0.29, 0.717) is 0 Å².